The largest absolute Gasteiger partial charge is 0.288 e. The second-order valence-electron chi connectivity index (χ2n) is 5.89. The average Bonchev–Trinajstić information content (AvgIpc) is 2.67. The van der Waals surface area contributed by atoms with Crippen LogP contribution < -0.4 is 0 Å². The molecule has 3 aromatic rings. The van der Waals surface area contributed by atoms with Gasteiger partial charge in [0.2, 0.25) is 5.78 Å². The second kappa shape index (κ2) is 6.66. The standard InChI is InChI=1S/C23H15BrO/c24-20-15-18-13-7-8-14-19(18)22(23(20)25)21(16-9-3-1-4-10-16)17-11-5-2-6-12-17/h1-15H. The van der Waals surface area contributed by atoms with Gasteiger partial charge >= 0.3 is 0 Å². The summed E-state index contributed by atoms with van der Waals surface area (Å²) in [5.74, 6) is 0.0152. The minimum atomic E-state index is 0.0152. The van der Waals surface area contributed by atoms with Crippen LogP contribution in [0, 0.1) is 0 Å². The van der Waals surface area contributed by atoms with Crippen LogP contribution in [0.1, 0.15) is 22.3 Å². The van der Waals surface area contributed by atoms with Crippen molar-refractivity contribution >= 4 is 38.9 Å². The number of carbonyl (C=O) groups is 1. The van der Waals surface area contributed by atoms with Crippen molar-refractivity contribution < 1.29 is 4.79 Å². The van der Waals surface area contributed by atoms with Crippen molar-refractivity contribution in [3.63, 3.8) is 0 Å². The van der Waals surface area contributed by atoms with Gasteiger partial charge in [-0.05, 0) is 44.3 Å². The van der Waals surface area contributed by atoms with Gasteiger partial charge in [-0.2, -0.15) is 0 Å². The van der Waals surface area contributed by atoms with Crippen LogP contribution in [0.15, 0.2) is 89.4 Å². The molecule has 1 aliphatic carbocycles. The molecule has 0 N–H and O–H groups in total. The Kier molecular flexibility index (Phi) is 4.21. The van der Waals surface area contributed by atoms with Gasteiger partial charge in [0.25, 0.3) is 0 Å². The summed E-state index contributed by atoms with van der Waals surface area (Å²) in [4.78, 5) is 13.1. The van der Waals surface area contributed by atoms with Crippen molar-refractivity contribution in [1.29, 1.82) is 0 Å². The van der Waals surface area contributed by atoms with E-state index in [2.05, 4.69) is 40.2 Å². The molecule has 0 spiro atoms. The normalized spacial score (nSPS) is 13.2. The van der Waals surface area contributed by atoms with E-state index in [-0.39, 0.29) is 5.78 Å². The summed E-state index contributed by atoms with van der Waals surface area (Å²) in [6.45, 7) is 0. The molecule has 4 rings (SSSR count). The van der Waals surface area contributed by atoms with Gasteiger partial charge < -0.3 is 0 Å². The zero-order chi connectivity index (χ0) is 17.2. The number of hydrogen-bond donors (Lipinski definition) is 0. The summed E-state index contributed by atoms with van der Waals surface area (Å²) in [5.41, 5.74) is 5.79. The van der Waals surface area contributed by atoms with Crippen molar-refractivity contribution in [2.45, 2.75) is 0 Å². The van der Waals surface area contributed by atoms with Gasteiger partial charge in [0.05, 0.1) is 4.48 Å². The molecule has 0 amide bonds. The Bertz CT molecular complexity index is 957. The molecule has 0 fully saturated rings. The van der Waals surface area contributed by atoms with Crippen molar-refractivity contribution in [2.75, 3.05) is 0 Å². The van der Waals surface area contributed by atoms with Crippen molar-refractivity contribution in [3.8, 4) is 0 Å². The van der Waals surface area contributed by atoms with E-state index in [1.54, 1.807) is 0 Å². The molecule has 3 aromatic carbocycles. The number of ketones is 1. The maximum atomic E-state index is 13.1. The molecule has 0 atom stereocenters. The first kappa shape index (κ1) is 15.8. The second-order valence-corrected chi connectivity index (χ2v) is 6.75. The Hall–Kier alpha value is -2.71. The Morgan fingerprint density at radius 1 is 0.680 bits per heavy atom. The molecule has 0 radical (unpaired) electrons. The minimum Gasteiger partial charge on any atom is -0.288 e. The lowest BCUT2D eigenvalue weighted by atomic mass is 9.83. The molecule has 0 unspecified atom stereocenters. The zero-order valence-electron chi connectivity index (χ0n) is 13.4. The Morgan fingerprint density at radius 2 is 1.20 bits per heavy atom. The topological polar surface area (TPSA) is 17.1 Å². The summed E-state index contributed by atoms with van der Waals surface area (Å²) in [6.07, 6.45) is 1.90. The predicted octanol–water partition coefficient (Wildman–Crippen LogP) is 5.96. The van der Waals surface area contributed by atoms with Gasteiger partial charge in [0.15, 0.2) is 0 Å². The number of allylic oxidation sites excluding steroid dienone is 2. The number of rotatable bonds is 2. The van der Waals surface area contributed by atoms with E-state index in [9.17, 15) is 4.79 Å². The third-order valence-electron chi connectivity index (χ3n) is 4.33. The highest BCUT2D eigenvalue weighted by Crippen LogP contribution is 2.40. The van der Waals surface area contributed by atoms with Gasteiger partial charge in [-0.3, -0.25) is 4.79 Å². The quantitative estimate of drug-likeness (QED) is 0.496. The van der Waals surface area contributed by atoms with Crippen LogP contribution in [0.25, 0.3) is 17.2 Å². The third kappa shape index (κ3) is 2.90. The first-order valence-corrected chi connectivity index (χ1v) is 8.91. The maximum Gasteiger partial charge on any atom is 0.201 e. The SMILES string of the molecule is O=C1C(Br)=Cc2ccccc2C1=C(c1ccccc1)c1ccccc1. The van der Waals surface area contributed by atoms with Crippen LogP contribution in [0.5, 0.6) is 0 Å². The molecule has 2 heteroatoms. The molecule has 120 valence electrons. The van der Waals surface area contributed by atoms with E-state index in [1.807, 2.05) is 66.7 Å². The Balaban J connectivity index is 2.10. The molecule has 0 aromatic heterocycles. The van der Waals surface area contributed by atoms with Crippen LogP contribution in [-0.2, 0) is 4.79 Å². The van der Waals surface area contributed by atoms with Crippen LogP contribution in [0.4, 0.5) is 0 Å². The van der Waals surface area contributed by atoms with Crippen molar-refractivity contribution in [1.82, 2.24) is 0 Å². The number of halogens is 1. The highest BCUT2D eigenvalue weighted by Gasteiger charge is 2.26. The molecule has 0 saturated heterocycles. The first-order chi connectivity index (χ1) is 12.3. The molecule has 0 saturated carbocycles. The zero-order valence-corrected chi connectivity index (χ0v) is 15.0. The van der Waals surface area contributed by atoms with Gasteiger partial charge in [-0.25, -0.2) is 0 Å². The molecular weight excluding hydrogens is 372 g/mol. The molecular formula is C23H15BrO. The van der Waals surface area contributed by atoms with Gasteiger partial charge in [-0.1, -0.05) is 84.9 Å². The molecule has 25 heavy (non-hydrogen) atoms. The van der Waals surface area contributed by atoms with Crippen LogP contribution in [-0.4, -0.2) is 5.78 Å². The van der Waals surface area contributed by atoms with E-state index < -0.39 is 0 Å². The molecule has 0 bridgehead atoms. The summed E-state index contributed by atoms with van der Waals surface area (Å²) < 4.78 is 0.588. The first-order valence-electron chi connectivity index (χ1n) is 8.12. The summed E-state index contributed by atoms with van der Waals surface area (Å²) in [5, 5.41) is 0. The lowest BCUT2D eigenvalue weighted by Crippen LogP contribution is -2.11. The Labute approximate surface area is 155 Å². The minimum absolute atomic E-state index is 0.0152. The highest BCUT2D eigenvalue weighted by atomic mass is 79.9. The van der Waals surface area contributed by atoms with Gasteiger partial charge in [0.1, 0.15) is 0 Å². The van der Waals surface area contributed by atoms with Crippen LogP contribution >= 0.6 is 15.9 Å². The van der Waals surface area contributed by atoms with Crippen molar-refractivity contribution in [2.24, 2.45) is 0 Å². The summed E-state index contributed by atoms with van der Waals surface area (Å²) >= 11 is 3.45. The van der Waals surface area contributed by atoms with Crippen LogP contribution in [0.2, 0.25) is 0 Å². The molecule has 1 nitrogen and oxygen atoms in total. The number of benzene rings is 3. The summed E-state index contributed by atoms with van der Waals surface area (Å²) in [6, 6.07) is 28.2. The van der Waals surface area contributed by atoms with E-state index in [0.29, 0.717) is 4.48 Å². The number of carbonyl (C=O) groups excluding carboxylic acids is 1. The fourth-order valence-electron chi connectivity index (χ4n) is 3.21. The van der Waals surface area contributed by atoms with E-state index in [4.69, 9.17) is 0 Å². The van der Waals surface area contributed by atoms with Crippen molar-refractivity contribution in [3.05, 3.63) is 112 Å². The number of Topliss-reactive ketones (excluding diaryl/α,β-unsaturated/α-hetero) is 1. The predicted molar refractivity (Wildman–Crippen MR) is 107 cm³/mol. The Morgan fingerprint density at radius 3 is 1.80 bits per heavy atom. The van der Waals surface area contributed by atoms with Gasteiger partial charge in [0, 0.05) is 11.1 Å². The lowest BCUT2D eigenvalue weighted by molar-refractivity contribution is -0.109. The monoisotopic (exact) mass is 386 g/mol. The fourth-order valence-corrected chi connectivity index (χ4v) is 3.65. The number of hydrogen-bond acceptors (Lipinski definition) is 1. The average molecular weight is 387 g/mol. The lowest BCUT2D eigenvalue weighted by Gasteiger charge is -2.21. The fraction of sp³-hybridized carbons (Fsp3) is 0. The summed E-state index contributed by atoms with van der Waals surface area (Å²) in [7, 11) is 0. The molecule has 0 aliphatic heterocycles. The maximum absolute atomic E-state index is 13.1. The smallest absolute Gasteiger partial charge is 0.201 e. The van der Waals surface area contributed by atoms with E-state index in [0.717, 1.165) is 33.4 Å². The van der Waals surface area contributed by atoms with Crippen LogP contribution in [0.3, 0.4) is 0 Å². The molecule has 0 heterocycles. The third-order valence-corrected chi connectivity index (χ3v) is 4.92. The van der Waals surface area contributed by atoms with E-state index >= 15 is 0 Å². The van der Waals surface area contributed by atoms with Gasteiger partial charge in [-0.15, -0.1) is 0 Å². The number of fused-ring (bicyclic) bond motifs is 1. The highest BCUT2D eigenvalue weighted by molar-refractivity contribution is 9.12. The molecule has 1 aliphatic rings. The van der Waals surface area contributed by atoms with E-state index in [1.165, 1.54) is 0 Å².